The molecule has 0 amide bonds. The summed E-state index contributed by atoms with van der Waals surface area (Å²) >= 11 is 0. The second-order valence-electron chi connectivity index (χ2n) is 5.29. The molecule has 0 saturated carbocycles. The molecular weight excluding hydrogens is 254 g/mol. The maximum Gasteiger partial charge on any atom is 0.340 e. The fraction of sp³-hybridized carbons (Fsp3) is 0.533. The number of likely N-dealkylation sites (tertiary alicyclic amines) is 1. The summed E-state index contributed by atoms with van der Waals surface area (Å²) in [5.74, 6) is 0.264. The first-order chi connectivity index (χ1) is 9.61. The molecule has 0 spiro atoms. The Hall–Kier alpha value is -1.75. The number of hydrogen-bond donors (Lipinski definition) is 2. The first-order valence-corrected chi connectivity index (χ1v) is 7.09. The Kier molecular flexibility index (Phi) is 4.84. The van der Waals surface area contributed by atoms with Gasteiger partial charge < -0.3 is 20.7 Å². The van der Waals surface area contributed by atoms with Gasteiger partial charge in [0.25, 0.3) is 0 Å². The van der Waals surface area contributed by atoms with Gasteiger partial charge in [0.1, 0.15) is 0 Å². The molecule has 1 heterocycles. The van der Waals surface area contributed by atoms with Crippen LogP contribution < -0.4 is 11.1 Å². The highest BCUT2D eigenvalue weighted by molar-refractivity contribution is 5.98. The quantitative estimate of drug-likeness (QED) is 0.634. The number of nitrogens with one attached hydrogen (secondary N) is 1. The predicted molar refractivity (Wildman–Crippen MR) is 80.9 cm³/mol. The van der Waals surface area contributed by atoms with E-state index in [2.05, 4.69) is 17.3 Å². The third-order valence-corrected chi connectivity index (χ3v) is 3.67. The largest absolute Gasteiger partial charge is 0.462 e. The number of anilines is 2. The van der Waals surface area contributed by atoms with Crippen LogP contribution >= 0.6 is 0 Å². The first kappa shape index (κ1) is 14.7. The average Bonchev–Trinajstić information content (AvgIpc) is 2.83. The number of carbonyl (C=O) groups excluding carboxylic acids is 1. The lowest BCUT2D eigenvalue weighted by molar-refractivity contribution is 0.0527. The van der Waals surface area contributed by atoms with Gasteiger partial charge in [0.15, 0.2) is 0 Å². The normalized spacial score (nSPS) is 19.0. The molecule has 1 aromatic carbocycles. The smallest absolute Gasteiger partial charge is 0.340 e. The van der Waals surface area contributed by atoms with Gasteiger partial charge >= 0.3 is 5.97 Å². The average molecular weight is 277 g/mol. The maximum absolute atomic E-state index is 11.8. The van der Waals surface area contributed by atoms with Crippen LogP contribution in [0.25, 0.3) is 0 Å². The Bertz CT molecular complexity index is 476. The van der Waals surface area contributed by atoms with Gasteiger partial charge in [0.2, 0.25) is 0 Å². The maximum atomic E-state index is 11.8. The zero-order valence-corrected chi connectivity index (χ0v) is 12.2. The summed E-state index contributed by atoms with van der Waals surface area (Å²) in [4.78, 5) is 14.1. The molecule has 5 nitrogen and oxygen atoms in total. The second kappa shape index (κ2) is 6.61. The number of esters is 1. The van der Waals surface area contributed by atoms with E-state index in [-0.39, 0.29) is 5.97 Å². The number of ether oxygens (including phenoxy) is 1. The monoisotopic (exact) mass is 277 g/mol. The van der Waals surface area contributed by atoms with Crippen LogP contribution in [0.15, 0.2) is 18.2 Å². The van der Waals surface area contributed by atoms with Crippen LogP contribution in [0.3, 0.4) is 0 Å². The Labute approximate surface area is 120 Å². The number of hydrogen-bond acceptors (Lipinski definition) is 5. The molecule has 2 rings (SSSR count). The number of nitrogens with zero attached hydrogens (tertiary/aromatic N) is 1. The molecule has 0 aliphatic carbocycles. The van der Waals surface area contributed by atoms with Crippen molar-refractivity contribution in [3.8, 4) is 0 Å². The minimum atomic E-state index is -0.366. The molecule has 0 radical (unpaired) electrons. The van der Waals surface area contributed by atoms with E-state index in [0.717, 1.165) is 25.3 Å². The van der Waals surface area contributed by atoms with Gasteiger partial charge in [-0.25, -0.2) is 4.79 Å². The zero-order valence-electron chi connectivity index (χ0n) is 12.2. The highest BCUT2D eigenvalue weighted by Crippen LogP contribution is 2.24. The van der Waals surface area contributed by atoms with Crippen molar-refractivity contribution < 1.29 is 9.53 Å². The number of nitrogen functional groups attached to an aromatic ring is 1. The Balaban J connectivity index is 2.01. The molecule has 1 unspecified atom stereocenters. The van der Waals surface area contributed by atoms with E-state index in [1.807, 2.05) is 12.1 Å². The van der Waals surface area contributed by atoms with E-state index in [4.69, 9.17) is 10.5 Å². The minimum absolute atomic E-state index is 0.352. The van der Waals surface area contributed by atoms with Gasteiger partial charge in [-0.2, -0.15) is 0 Å². The fourth-order valence-electron chi connectivity index (χ4n) is 2.55. The van der Waals surface area contributed by atoms with Gasteiger partial charge in [-0.15, -0.1) is 0 Å². The SMILES string of the molecule is CCOC(=O)c1cccc(NCC2CCN(C)C2)c1N. The molecule has 1 saturated heterocycles. The molecule has 3 N–H and O–H groups in total. The van der Waals surface area contributed by atoms with Crippen LogP contribution in [-0.2, 0) is 4.74 Å². The summed E-state index contributed by atoms with van der Waals surface area (Å²) in [5, 5.41) is 3.35. The van der Waals surface area contributed by atoms with E-state index in [0.29, 0.717) is 23.8 Å². The lowest BCUT2D eigenvalue weighted by Gasteiger charge is -2.15. The van der Waals surface area contributed by atoms with E-state index >= 15 is 0 Å². The predicted octanol–water partition coefficient (Wildman–Crippen LogP) is 1.81. The van der Waals surface area contributed by atoms with E-state index in [1.165, 1.54) is 6.42 Å². The van der Waals surface area contributed by atoms with Gasteiger partial charge in [0, 0.05) is 13.1 Å². The van der Waals surface area contributed by atoms with E-state index < -0.39 is 0 Å². The number of carbonyl (C=O) groups is 1. The van der Waals surface area contributed by atoms with Crippen molar-refractivity contribution in [3.05, 3.63) is 23.8 Å². The fourth-order valence-corrected chi connectivity index (χ4v) is 2.55. The van der Waals surface area contributed by atoms with Crippen molar-refractivity contribution in [2.45, 2.75) is 13.3 Å². The van der Waals surface area contributed by atoms with Crippen LogP contribution in [0.5, 0.6) is 0 Å². The summed E-state index contributed by atoms with van der Waals surface area (Å²) in [6.45, 7) is 5.26. The summed E-state index contributed by atoms with van der Waals surface area (Å²) in [6, 6.07) is 5.42. The van der Waals surface area contributed by atoms with E-state index in [9.17, 15) is 4.79 Å². The molecule has 1 atom stereocenters. The summed E-state index contributed by atoms with van der Waals surface area (Å²) in [7, 11) is 2.13. The van der Waals surface area contributed by atoms with Gasteiger partial charge in [-0.05, 0) is 45.0 Å². The summed E-state index contributed by atoms with van der Waals surface area (Å²) in [6.07, 6.45) is 1.20. The van der Waals surface area contributed by atoms with E-state index in [1.54, 1.807) is 13.0 Å². The van der Waals surface area contributed by atoms with Gasteiger partial charge in [-0.1, -0.05) is 6.07 Å². The van der Waals surface area contributed by atoms with Crippen molar-refractivity contribution in [3.63, 3.8) is 0 Å². The molecule has 20 heavy (non-hydrogen) atoms. The lowest BCUT2D eigenvalue weighted by atomic mass is 10.1. The van der Waals surface area contributed by atoms with Crippen molar-refractivity contribution in [2.24, 2.45) is 5.92 Å². The molecule has 1 aliphatic rings. The first-order valence-electron chi connectivity index (χ1n) is 7.09. The Morgan fingerprint density at radius 3 is 3.00 bits per heavy atom. The van der Waals surface area contributed by atoms with Crippen LogP contribution in [-0.4, -0.2) is 44.2 Å². The second-order valence-corrected chi connectivity index (χ2v) is 5.29. The molecule has 0 aromatic heterocycles. The van der Waals surface area contributed by atoms with Crippen LogP contribution in [0.4, 0.5) is 11.4 Å². The van der Waals surface area contributed by atoms with Gasteiger partial charge in [-0.3, -0.25) is 0 Å². The molecule has 1 aromatic rings. The molecule has 1 aliphatic heterocycles. The number of benzene rings is 1. The molecule has 1 fully saturated rings. The highest BCUT2D eigenvalue weighted by Gasteiger charge is 2.20. The van der Waals surface area contributed by atoms with Crippen LogP contribution in [0, 0.1) is 5.92 Å². The number of para-hydroxylation sites is 1. The molecule has 5 heteroatoms. The zero-order chi connectivity index (χ0) is 14.5. The van der Waals surface area contributed by atoms with Crippen LogP contribution in [0.1, 0.15) is 23.7 Å². The molecule has 110 valence electrons. The Morgan fingerprint density at radius 2 is 2.35 bits per heavy atom. The topological polar surface area (TPSA) is 67.6 Å². The third-order valence-electron chi connectivity index (χ3n) is 3.67. The number of rotatable bonds is 5. The standard InChI is InChI=1S/C15H23N3O2/c1-3-20-15(19)12-5-4-6-13(14(12)16)17-9-11-7-8-18(2)10-11/h4-6,11,17H,3,7-10,16H2,1-2H3. The minimum Gasteiger partial charge on any atom is -0.462 e. The van der Waals surface area contributed by atoms with Crippen LogP contribution in [0.2, 0.25) is 0 Å². The molecule has 0 bridgehead atoms. The summed E-state index contributed by atoms with van der Waals surface area (Å²) in [5.41, 5.74) is 7.76. The van der Waals surface area contributed by atoms with Gasteiger partial charge in [0.05, 0.1) is 23.5 Å². The van der Waals surface area contributed by atoms with Crippen molar-refractivity contribution in [1.29, 1.82) is 0 Å². The number of nitrogens with two attached hydrogens (primary N) is 1. The Morgan fingerprint density at radius 1 is 1.55 bits per heavy atom. The molecular formula is C15H23N3O2. The van der Waals surface area contributed by atoms with Crippen molar-refractivity contribution >= 4 is 17.3 Å². The third kappa shape index (κ3) is 3.42. The highest BCUT2D eigenvalue weighted by atomic mass is 16.5. The summed E-state index contributed by atoms with van der Waals surface area (Å²) < 4.78 is 5.00. The lowest BCUT2D eigenvalue weighted by Crippen LogP contribution is -2.20. The van der Waals surface area contributed by atoms with Crippen molar-refractivity contribution in [1.82, 2.24) is 4.90 Å². The van der Waals surface area contributed by atoms with Crippen molar-refractivity contribution in [2.75, 3.05) is 44.3 Å².